The molecule has 0 saturated carbocycles. The van der Waals surface area contributed by atoms with Crippen molar-refractivity contribution in [1.29, 1.82) is 0 Å². The topological polar surface area (TPSA) is 119 Å². The predicted octanol–water partition coefficient (Wildman–Crippen LogP) is 3.02. The Balaban J connectivity index is 1.60. The van der Waals surface area contributed by atoms with Crippen LogP contribution in [0.3, 0.4) is 0 Å². The molecule has 0 unspecified atom stereocenters. The van der Waals surface area contributed by atoms with Gasteiger partial charge in [0.25, 0.3) is 5.91 Å². The quantitative estimate of drug-likeness (QED) is 0.626. The second kappa shape index (κ2) is 9.40. The van der Waals surface area contributed by atoms with E-state index in [1.54, 1.807) is 39.6 Å². The number of aromatic nitrogens is 1. The zero-order valence-corrected chi connectivity index (χ0v) is 21.7. The van der Waals surface area contributed by atoms with Crippen molar-refractivity contribution in [3.05, 3.63) is 41.5 Å². The summed E-state index contributed by atoms with van der Waals surface area (Å²) in [5, 5.41) is 2.68. The van der Waals surface area contributed by atoms with Gasteiger partial charge in [0.2, 0.25) is 10.0 Å². The molecule has 1 saturated heterocycles. The van der Waals surface area contributed by atoms with Crippen LogP contribution in [0.4, 0.5) is 14.9 Å². The number of amides is 2. The van der Waals surface area contributed by atoms with Crippen molar-refractivity contribution < 1.29 is 31.9 Å². The van der Waals surface area contributed by atoms with E-state index >= 15 is 0 Å². The minimum atomic E-state index is -4.02. The van der Waals surface area contributed by atoms with E-state index in [0.29, 0.717) is 24.2 Å². The third-order valence-electron chi connectivity index (χ3n) is 6.16. The Morgan fingerprint density at radius 3 is 2.67 bits per heavy atom. The van der Waals surface area contributed by atoms with Crippen LogP contribution in [0.2, 0.25) is 0 Å². The van der Waals surface area contributed by atoms with E-state index in [9.17, 15) is 22.4 Å². The van der Waals surface area contributed by atoms with E-state index in [2.05, 4.69) is 10.0 Å². The number of carbonyl (C=O) groups is 2. The molecule has 2 aromatic rings. The summed E-state index contributed by atoms with van der Waals surface area (Å²) in [6.07, 6.45) is 1.26. The average molecular weight is 523 g/mol. The minimum absolute atomic E-state index is 0.00982. The van der Waals surface area contributed by atoms with Gasteiger partial charge in [0.1, 0.15) is 16.3 Å². The maximum atomic E-state index is 13.6. The number of rotatable bonds is 2. The number of hydrogen-bond donors (Lipinski definition) is 2. The number of hydrogen-bond acceptors (Lipinski definition) is 6. The molecule has 0 aliphatic carbocycles. The van der Waals surface area contributed by atoms with Crippen molar-refractivity contribution in [2.45, 2.75) is 50.7 Å². The maximum absolute atomic E-state index is 13.6. The number of benzene rings is 1. The molecule has 2 amide bonds. The van der Waals surface area contributed by atoms with Gasteiger partial charge >= 0.3 is 6.09 Å². The number of nitrogens with one attached hydrogen (secondary N) is 2. The molecule has 4 rings (SSSR count). The van der Waals surface area contributed by atoms with Gasteiger partial charge in [-0.3, -0.25) is 4.79 Å². The number of fused-ring (bicyclic) bond motifs is 2. The number of likely N-dealkylation sites (tertiary alicyclic amines) is 1. The smallest absolute Gasteiger partial charge is 0.410 e. The number of aryl methyl sites for hydroxylation is 2. The summed E-state index contributed by atoms with van der Waals surface area (Å²) in [6, 6.07) is 3.70. The van der Waals surface area contributed by atoms with E-state index in [0.717, 1.165) is 0 Å². The molecule has 2 aliphatic rings. The molecule has 12 heteroatoms. The monoisotopic (exact) mass is 522 g/mol. The summed E-state index contributed by atoms with van der Waals surface area (Å²) in [5.74, 6) is -1.43. The Bertz CT molecular complexity index is 1300. The first-order valence-corrected chi connectivity index (χ1v) is 13.1. The van der Waals surface area contributed by atoms with Crippen LogP contribution in [-0.4, -0.2) is 61.2 Å². The fourth-order valence-corrected chi connectivity index (χ4v) is 5.92. The van der Waals surface area contributed by atoms with Crippen LogP contribution in [0.1, 0.15) is 43.2 Å². The summed E-state index contributed by atoms with van der Waals surface area (Å²) in [4.78, 5) is 27.1. The molecule has 196 valence electrons. The summed E-state index contributed by atoms with van der Waals surface area (Å²) in [6.45, 7) is 7.57. The summed E-state index contributed by atoms with van der Waals surface area (Å²) >= 11 is 0. The average Bonchev–Trinajstić information content (AvgIpc) is 3.10. The zero-order valence-electron chi connectivity index (χ0n) is 20.9. The number of anilines is 1. The van der Waals surface area contributed by atoms with Crippen molar-refractivity contribution >= 4 is 27.7 Å². The van der Waals surface area contributed by atoms with Crippen LogP contribution in [-0.2, 0) is 21.8 Å². The normalized spacial score (nSPS) is 21.3. The lowest BCUT2D eigenvalue weighted by atomic mass is 9.94. The van der Waals surface area contributed by atoms with Gasteiger partial charge in [0.15, 0.2) is 11.4 Å². The highest BCUT2D eigenvalue weighted by atomic mass is 32.2. The van der Waals surface area contributed by atoms with Crippen LogP contribution in [0.25, 0.3) is 0 Å². The van der Waals surface area contributed by atoms with Crippen LogP contribution in [0, 0.1) is 18.7 Å². The SMILES string of the molecule is Cc1cc(NC(=O)c2c3c(cn2C)S(=O)(=O)N[C@@H]2CCN(C(=O)OC(C)(C)C)C[C@H]2CO3)ccc1F. The lowest BCUT2D eigenvalue weighted by Crippen LogP contribution is -2.55. The van der Waals surface area contributed by atoms with Crippen molar-refractivity contribution in [2.75, 3.05) is 25.0 Å². The molecular formula is C24H31FN4O6S. The highest BCUT2D eigenvalue weighted by Gasteiger charge is 2.40. The second-order valence-electron chi connectivity index (χ2n) is 10.2. The van der Waals surface area contributed by atoms with Crippen molar-refractivity contribution in [3.8, 4) is 5.75 Å². The fourth-order valence-electron chi connectivity index (χ4n) is 4.38. The van der Waals surface area contributed by atoms with E-state index in [1.807, 2.05) is 0 Å². The summed E-state index contributed by atoms with van der Waals surface area (Å²) in [7, 11) is -2.47. The van der Waals surface area contributed by atoms with Gasteiger partial charge in [0.05, 0.1) is 6.61 Å². The second-order valence-corrected chi connectivity index (χ2v) is 11.9. The molecule has 36 heavy (non-hydrogen) atoms. The predicted molar refractivity (Wildman–Crippen MR) is 130 cm³/mol. The van der Waals surface area contributed by atoms with Crippen molar-refractivity contribution in [2.24, 2.45) is 13.0 Å². The molecule has 3 heterocycles. The Labute approximate surface area is 209 Å². The van der Waals surface area contributed by atoms with Crippen LogP contribution >= 0.6 is 0 Å². The van der Waals surface area contributed by atoms with Gasteiger partial charge in [-0.2, -0.15) is 0 Å². The molecule has 10 nitrogen and oxygen atoms in total. The lowest BCUT2D eigenvalue weighted by molar-refractivity contribution is 0.0105. The Hall–Kier alpha value is -3.12. The van der Waals surface area contributed by atoms with Crippen LogP contribution < -0.4 is 14.8 Å². The van der Waals surface area contributed by atoms with E-state index in [-0.39, 0.29) is 35.4 Å². The molecule has 1 aromatic heterocycles. The Kier molecular flexibility index (Phi) is 6.78. The van der Waals surface area contributed by atoms with E-state index < -0.39 is 39.5 Å². The zero-order chi connectivity index (χ0) is 26.4. The van der Waals surface area contributed by atoms with Crippen molar-refractivity contribution in [3.63, 3.8) is 0 Å². The largest absolute Gasteiger partial charge is 0.489 e. The standard InChI is InChI=1S/C24H31FN4O6S/c1-14-10-16(6-7-17(14)25)26-22(30)20-21-19(12-28(20)5)36(32,33)27-18-8-9-29(11-15(18)13-34-21)23(31)35-24(2,3)4/h6-7,10,12,15,18,27H,8-9,11,13H2,1-5H3,(H,26,30)/t15-,18+/m0/s1. The van der Waals surface area contributed by atoms with Gasteiger partial charge in [-0.25, -0.2) is 22.3 Å². The first-order chi connectivity index (χ1) is 16.7. The molecule has 0 spiro atoms. The van der Waals surface area contributed by atoms with Gasteiger partial charge in [-0.15, -0.1) is 0 Å². The van der Waals surface area contributed by atoms with E-state index in [1.165, 1.54) is 29.0 Å². The summed E-state index contributed by atoms with van der Waals surface area (Å²) in [5.41, 5.74) is 0.0737. The Morgan fingerprint density at radius 1 is 1.28 bits per heavy atom. The first kappa shape index (κ1) is 26.0. The third-order valence-corrected chi connectivity index (χ3v) is 7.64. The molecule has 1 fully saturated rings. The van der Waals surface area contributed by atoms with E-state index in [4.69, 9.17) is 9.47 Å². The summed E-state index contributed by atoms with van der Waals surface area (Å²) < 4.78 is 55.7. The molecular weight excluding hydrogens is 491 g/mol. The maximum Gasteiger partial charge on any atom is 0.410 e. The van der Waals surface area contributed by atoms with Gasteiger partial charge < -0.3 is 24.3 Å². The highest BCUT2D eigenvalue weighted by molar-refractivity contribution is 7.89. The molecule has 0 radical (unpaired) electrons. The number of carbonyl (C=O) groups excluding carboxylic acids is 2. The fraction of sp³-hybridized carbons (Fsp3) is 0.500. The van der Waals surface area contributed by atoms with Gasteiger partial charge in [-0.1, -0.05) is 0 Å². The molecule has 0 bridgehead atoms. The third kappa shape index (κ3) is 5.34. The number of piperidine rings is 1. The molecule has 1 aromatic carbocycles. The Morgan fingerprint density at radius 2 is 2.00 bits per heavy atom. The van der Waals surface area contributed by atoms with Gasteiger partial charge in [0, 0.05) is 44.0 Å². The van der Waals surface area contributed by atoms with Crippen LogP contribution in [0.15, 0.2) is 29.3 Å². The first-order valence-electron chi connectivity index (χ1n) is 11.6. The number of halogens is 1. The minimum Gasteiger partial charge on any atom is -0.489 e. The molecule has 2 N–H and O–H groups in total. The molecule has 2 aliphatic heterocycles. The number of nitrogens with zero attached hydrogens (tertiary/aromatic N) is 2. The number of ether oxygens (including phenoxy) is 2. The lowest BCUT2D eigenvalue weighted by Gasteiger charge is -2.39. The molecule has 2 atom stereocenters. The van der Waals surface area contributed by atoms with Crippen molar-refractivity contribution in [1.82, 2.24) is 14.2 Å². The number of sulfonamides is 1. The highest BCUT2D eigenvalue weighted by Crippen LogP contribution is 2.35. The van der Waals surface area contributed by atoms with Gasteiger partial charge in [-0.05, 0) is 57.9 Å². The van der Waals surface area contributed by atoms with Crippen LogP contribution in [0.5, 0.6) is 5.75 Å².